The lowest BCUT2D eigenvalue weighted by molar-refractivity contribution is -0.121. The van der Waals surface area contributed by atoms with Crippen LogP contribution in [0.15, 0.2) is 22.7 Å². The molecule has 19 heavy (non-hydrogen) atoms. The number of nitrogens with zero attached hydrogens (tertiary/aromatic N) is 1. The number of halogens is 1. The van der Waals surface area contributed by atoms with Gasteiger partial charge in [-0.05, 0) is 41.4 Å². The molecule has 0 fully saturated rings. The zero-order valence-corrected chi connectivity index (χ0v) is 13.1. The van der Waals surface area contributed by atoms with Gasteiger partial charge in [-0.2, -0.15) is 0 Å². The normalized spacial score (nSPS) is 10.1. The Morgan fingerprint density at radius 1 is 1.37 bits per heavy atom. The van der Waals surface area contributed by atoms with E-state index in [9.17, 15) is 9.59 Å². The highest BCUT2D eigenvalue weighted by Gasteiger charge is 2.19. The van der Waals surface area contributed by atoms with Gasteiger partial charge in [-0.15, -0.1) is 0 Å². The summed E-state index contributed by atoms with van der Waals surface area (Å²) in [6.45, 7) is 4.57. The summed E-state index contributed by atoms with van der Waals surface area (Å²) in [5, 5.41) is 2.54. The van der Waals surface area contributed by atoms with E-state index in [2.05, 4.69) is 21.2 Å². The molecule has 0 saturated heterocycles. The Balaban J connectivity index is 2.98. The van der Waals surface area contributed by atoms with Crippen LogP contribution in [0.3, 0.4) is 0 Å². The standard InChI is InChI=1S/C14H19BrN2O2/c1-4-7-17(9-13(18)16-3)14(19)11-8-10(2)5-6-12(11)15/h5-6,8H,4,7,9H2,1-3H3,(H,16,18). The molecule has 0 heterocycles. The Morgan fingerprint density at radius 2 is 2.05 bits per heavy atom. The van der Waals surface area contributed by atoms with Gasteiger partial charge in [0.25, 0.3) is 5.91 Å². The predicted octanol–water partition coefficient (Wildman–Crippen LogP) is 2.36. The number of aryl methyl sites for hydroxylation is 1. The first kappa shape index (κ1) is 15.7. The van der Waals surface area contributed by atoms with Crippen LogP contribution in [0.1, 0.15) is 29.3 Å². The molecule has 0 unspecified atom stereocenters. The number of likely N-dealkylation sites (N-methyl/N-ethyl adjacent to an activating group) is 1. The lowest BCUT2D eigenvalue weighted by Crippen LogP contribution is -2.40. The third-order valence-electron chi connectivity index (χ3n) is 2.75. The van der Waals surface area contributed by atoms with Crippen molar-refractivity contribution < 1.29 is 9.59 Å². The van der Waals surface area contributed by atoms with Crippen molar-refractivity contribution in [3.63, 3.8) is 0 Å². The highest BCUT2D eigenvalue weighted by Crippen LogP contribution is 2.20. The van der Waals surface area contributed by atoms with Crippen molar-refractivity contribution in [2.75, 3.05) is 20.1 Å². The number of nitrogens with one attached hydrogen (secondary N) is 1. The van der Waals surface area contributed by atoms with Crippen LogP contribution in [0, 0.1) is 6.92 Å². The Morgan fingerprint density at radius 3 is 2.63 bits per heavy atom. The molecule has 0 aliphatic rings. The number of hydrogen-bond donors (Lipinski definition) is 1. The molecule has 0 radical (unpaired) electrons. The number of carbonyl (C=O) groups excluding carboxylic acids is 2. The third-order valence-corrected chi connectivity index (χ3v) is 3.44. The predicted molar refractivity (Wildman–Crippen MR) is 79.1 cm³/mol. The molecule has 1 aromatic rings. The molecule has 1 rings (SSSR count). The molecule has 104 valence electrons. The first-order valence-corrected chi connectivity index (χ1v) is 7.04. The van der Waals surface area contributed by atoms with Crippen molar-refractivity contribution in [2.24, 2.45) is 0 Å². The summed E-state index contributed by atoms with van der Waals surface area (Å²) in [6.07, 6.45) is 0.812. The van der Waals surface area contributed by atoms with Crippen molar-refractivity contribution in [1.82, 2.24) is 10.2 Å². The van der Waals surface area contributed by atoms with Gasteiger partial charge in [-0.25, -0.2) is 0 Å². The fraction of sp³-hybridized carbons (Fsp3) is 0.429. The van der Waals surface area contributed by atoms with Gasteiger partial charge in [0.15, 0.2) is 0 Å². The Kier molecular flexibility index (Phi) is 6.02. The lowest BCUT2D eigenvalue weighted by Gasteiger charge is -2.22. The van der Waals surface area contributed by atoms with E-state index < -0.39 is 0 Å². The average molecular weight is 327 g/mol. The number of hydrogen-bond acceptors (Lipinski definition) is 2. The Labute approximate surface area is 122 Å². The van der Waals surface area contributed by atoms with E-state index in [1.165, 1.54) is 0 Å². The van der Waals surface area contributed by atoms with Gasteiger partial charge in [0.05, 0.1) is 12.1 Å². The second kappa shape index (κ2) is 7.28. The molecule has 0 aromatic heterocycles. The maximum absolute atomic E-state index is 12.5. The van der Waals surface area contributed by atoms with Gasteiger partial charge in [0.1, 0.15) is 0 Å². The summed E-state index contributed by atoms with van der Waals surface area (Å²) in [6, 6.07) is 5.62. The average Bonchev–Trinajstić information content (AvgIpc) is 2.40. The maximum Gasteiger partial charge on any atom is 0.255 e. The van der Waals surface area contributed by atoms with Crippen molar-refractivity contribution in [2.45, 2.75) is 20.3 Å². The van der Waals surface area contributed by atoms with E-state index in [1.54, 1.807) is 11.9 Å². The minimum Gasteiger partial charge on any atom is -0.358 e. The third kappa shape index (κ3) is 4.35. The van der Waals surface area contributed by atoms with E-state index in [4.69, 9.17) is 0 Å². The molecule has 1 aromatic carbocycles. The molecule has 4 nitrogen and oxygen atoms in total. The molecule has 0 bridgehead atoms. The molecule has 0 aliphatic heterocycles. The molecular formula is C14H19BrN2O2. The molecule has 0 saturated carbocycles. The van der Waals surface area contributed by atoms with Crippen molar-refractivity contribution in [3.8, 4) is 0 Å². The molecule has 0 aliphatic carbocycles. The first-order valence-electron chi connectivity index (χ1n) is 6.25. The maximum atomic E-state index is 12.5. The number of rotatable bonds is 5. The van der Waals surface area contributed by atoms with E-state index in [1.807, 2.05) is 32.0 Å². The summed E-state index contributed by atoms with van der Waals surface area (Å²) in [7, 11) is 1.57. The van der Waals surface area contributed by atoms with Crippen LogP contribution in [0.25, 0.3) is 0 Å². The van der Waals surface area contributed by atoms with E-state index >= 15 is 0 Å². The zero-order chi connectivity index (χ0) is 14.4. The summed E-state index contributed by atoms with van der Waals surface area (Å²) in [4.78, 5) is 25.5. The van der Waals surface area contributed by atoms with Gasteiger partial charge >= 0.3 is 0 Å². The topological polar surface area (TPSA) is 49.4 Å². The molecule has 2 amide bonds. The van der Waals surface area contributed by atoms with Crippen LogP contribution in [0.2, 0.25) is 0 Å². The van der Waals surface area contributed by atoms with Crippen LogP contribution in [0.5, 0.6) is 0 Å². The Hall–Kier alpha value is -1.36. The fourth-order valence-corrected chi connectivity index (χ4v) is 2.16. The van der Waals surface area contributed by atoms with Gasteiger partial charge in [-0.3, -0.25) is 9.59 Å². The van der Waals surface area contributed by atoms with Gasteiger partial charge in [0, 0.05) is 18.1 Å². The SMILES string of the molecule is CCCN(CC(=O)NC)C(=O)c1cc(C)ccc1Br. The summed E-state index contributed by atoms with van der Waals surface area (Å²) >= 11 is 3.39. The van der Waals surface area contributed by atoms with Crippen LogP contribution in [-0.4, -0.2) is 36.9 Å². The number of benzene rings is 1. The van der Waals surface area contributed by atoms with E-state index in [0.717, 1.165) is 16.5 Å². The summed E-state index contributed by atoms with van der Waals surface area (Å²) in [5.41, 5.74) is 1.61. The smallest absolute Gasteiger partial charge is 0.255 e. The molecule has 5 heteroatoms. The monoisotopic (exact) mass is 326 g/mol. The molecule has 0 atom stereocenters. The highest BCUT2D eigenvalue weighted by molar-refractivity contribution is 9.10. The minimum atomic E-state index is -0.162. The molecule has 1 N–H and O–H groups in total. The van der Waals surface area contributed by atoms with Gasteiger partial charge in [0.2, 0.25) is 5.91 Å². The molecule has 0 spiro atoms. The number of carbonyl (C=O) groups is 2. The zero-order valence-electron chi connectivity index (χ0n) is 11.5. The number of amides is 2. The van der Waals surface area contributed by atoms with Gasteiger partial charge < -0.3 is 10.2 Å². The second-order valence-corrected chi connectivity index (χ2v) is 5.24. The van der Waals surface area contributed by atoms with Crippen LogP contribution in [0.4, 0.5) is 0 Å². The minimum absolute atomic E-state index is 0.0869. The van der Waals surface area contributed by atoms with E-state index in [0.29, 0.717) is 12.1 Å². The van der Waals surface area contributed by atoms with Crippen molar-refractivity contribution >= 4 is 27.7 Å². The van der Waals surface area contributed by atoms with Crippen LogP contribution in [-0.2, 0) is 4.79 Å². The van der Waals surface area contributed by atoms with Crippen molar-refractivity contribution in [1.29, 1.82) is 0 Å². The highest BCUT2D eigenvalue weighted by atomic mass is 79.9. The first-order chi connectivity index (χ1) is 8.99. The quantitative estimate of drug-likeness (QED) is 0.903. The lowest BCUT2D eigenvalue weighted by atomic mass is 10.1. The van der Waals surface area contributed by atoms with Gasteiger partial charge in [-0.1, -0.05) is 18.6 Å². The largest absolute Gasteiger partial charge is 0.358 e. The van der Waals surface area contributed by atoms with Crippen LogP contribution < -0.4 is 5.32 Å². The summed E-state index contributed by atoms with van der Waals surface area (Å²) < 4.78 is 0.751. The van der Waals surface area contributed by atoms with Crippen molar-refractivity contribution in [3.05, 3.63) is 33.8 Å². The summed E-state index contributed by atoms with van der Waals surface area (Å²) in [5.74, 6) is -0.286. The van der Waals surface area contributed by atoms with Crippen LogP contribution >= 0.6 is 15.9 Å². The van der Waals surface area contributed by atoms with E-state index in [-0.39, 0.29) is 18.4 Å². The fourth-order valence-electron chi connectivity index (χ4n) is 1.75. The Bertz CT molecular complexity index is 475. The molecular weight excluding hydrogens is 308 g/mol. The second-order valence-electron chi connectivity index (χ2n) is 4.38.